The molecule has 0 aliphatic rings. The fraction of sp³-hybridized carbons (Fsp3) is 0.364. The minimum Gasteiger partial charge on any atom is -0.466 e. The van der Waals surface area contributed by atoms with Gasteiger partial charge in [0.05, 0.1) is 13.0 Å². The minimum absolute atomic E-state index is 0. The molecule has 0 saturated carbocycles. The van der Waals surface area contributed by atoms with Gasteiger partial charge in [-0.2, -0.15) is 0 Å². The number of hydrogen-bond acceptors (Lipinski definition) is 3. The highest BCUT2D eigenvalue weighted by Gasteiger charge is 2.18. The number of rotatable bonds is 4. The van der Waals surface area contributed by atoms with Crippen LogP contribution in [-0.2, 0) is 9.53 Å². The molecule has 1 aromatic carbocycles. The first-order chi connectivity index (χ1) is 7.56. The number of carbonyl (C=O) groups is 1. The number of halogens is 3. The van der Waals surface area contributed by atoms with Crippen LogP contribution >= 0.6 is 12.4 Å². The maximum Gasteiger partial charge on any atom is 0.307 e. The van der Waals surface area contributed by atoms with E-state index in [0.29, 0.717) is 0 Å². The molecule has 0 fully saturated rings. The van der Waals surface area contributed by atoms with Crippen molar-refractivity contribution in [3.8, 4) is 0 Å². The Balaban J connectivity index is 0.00000256. The van der Waals surface area contributed by atoms with Crippen LogP contribution in [0.25, 0.3) is 0 Å². The third-order valence-corrected chi connectivity index (χ3v) is 2.07. The van der Waals surface area contributed by atoms with Crippen molar-refractivity contribution >= 4 is 18.4 Å². The van der Waals surface area contributed by atoms with Crippen LogP contribution in [0.1, 0.15) is 24.9 Å². The fourth-order valence-electron chi connectivity index (χ4n) is 1.32. The van der Waals surface area contributed by atoms with Gasteiger partial charge in [-0.05, 0) is 13.0 Å². The van der Waals surface area contributed by atoms with Crippen LogP contribution in [0, 0.1) is 11.6 Å². The summed E-state index contributed by atoms with van der Waals surface area (Å²) in [6.07, 6.45) is -0.172. The van der Waals surface area contributed by atoms with Crippen molar-refractivity contribution in [2.45, 2.75) is 19.4 Å². The summed E-state index contributed by atoms with van der Waals surface area (Å²) in [6, 6.07) is 2.80. The molecule has 96 valence electrons. The fourth-order valence-corrected chi connectivity index (χ4v) is 1.32. The number of esters is 1. The zero-order valence-electron chi connectivity index (χ0n) is 9.28. The molecule has 0 aromatic heterocycles. The smallest absolute Gasteiger partial charge is 0.307 e. The molecule has 0 saturated heterocycles. The lowest BCUT2D eigenvalue weighted by atomic mass is 10.0. The largest absolute Gasteiger partial charge is 0.466 e. The molecule has 0 aliphatic heterocycles. The van der Waals surface area contributed by atoms with Crippen LogP contribution in [-0.4, -0.2) is 12.6 Å². The van der Waals surface area contributed by atoms with E-state index in [0.717, 1.165) is 6.07 Å². The van der Waals surface area contributed by atoms with Gasteiger partial charge < -0.3 is 10.5 Å². The summed E-state index contributed by atoms with van der Waals surface area (Å²) in [4.78, 5) is 11.1. The van der Waals surface area contributed by atoms with Gasteiger partial charge in [-0.3, -0.25) is 4.79 Å². The van der Waals surface area contributed by atoms with Crippen molar-refractivity contribution in [2.24, 2.45) is 5.73 Å². The van der Waals surface area contributed by atoms with Crippen molar-refractivity contribution in [1.82, 2.24) is 0 Å². The van der Waals surface area contributed by atoms with Crippen molar-refractivity contribution in [1.29, 1.82) is 0 Å². The normalized spacial score (nSPS) is 11.5. The van der Waals surface area contributed by atoms with Crippen molar-refractivity contribution in [3.05, 3.63) is 35.4 Å². The molecule has 2 N–H and O–H groups in total. The van der Waals surface area contributed by atoms with E-state index in [9.17, 15) is 13.6 Å². The Bertz CT molecular complexity index is 388. The molecule has 0 aliphatic carbocycles. The molecule has 0 unspecified atom stereocenters. The number of hydrogen-bond donors (Lipinski definition) is 1. The van der Waals surface area contributed by atoms with Crippen LogP contribution in [0.15, 0.2) is 18.2 Å². The lowest BCUT2D eigenvalue weighted by Crippen LogP contribution is -2.18. The summed E-state index contributed by atoms with van der Waals surface area (Å²) in [5.74, 6) is -2.52. The van der Waals surface area contributed by atoms with Gasteiger partial charge in [-0.1, -0.05) is 12.1 Å². The highest BCUT2D eigenvalue weighted by Crippen LogP contribution is 2.20. The summed E-state index contributed by atoms with van der Waals surface area (Å²) < 4.78 is 30.8. The van der Waals surface area contributed by atoms with E-state index >= 15 is 0 Å². The second kappa shape index (κ2) is 7.19. The lowest BCUT2D eigenvalue weighted by Gasteiger charge is -2.12. The van der Waals surface area contributed by atoms with Gasteiger partial charge in [0.15, 0.2) is 11.6 Å². The predicted octanol–water partition coefficient (Wildman–Crippen LogP) is 2.34. The Labute approximate surface area is 104 Å². The quantitative estimate of drug-likeness (QED) is 0.850. The predicted molar refractivity (Wildman–Crippen MR) is 61.8 cm³/mol. The molecule has 1 rings (SSSR count). The van der Waals surface area contributed by atoms with Crippen LogP contribution in [0.5, 0.6) is 0 Å². The molecule has 1 atom stereocenters. The Morgan fingerprint density at radius 1 is 1.47 bits per heavy atom. The maximum atomic E-state index is 13.3. The zero-order valence-corrected chi connectivity index (χ0v) is 10.1. The third kappa shape index (κ3) is 4.28. The molecule has 0 bridgehead atoms. The van der Waals surface area contributed by atoms with Crippen molar-refractivity contribution in [3.63, 3.8) is 0 Å². The summed E-state index contributed by atoms with van der Waals surface area (Å²) in [7, 11) is 0. The highest BCUT2D eigenvalue weighted by molar-refractivity contribution is 5.85. The molecule has 0 heterocycles. The Morgan fingerprint density at radius 3 is 2.71 bits per heavy atom. The second-order valence-corrected chi connectivity index (χ2v) is 3.26. The van der Waals surface area contributed by atoms with E-state index in [-0.39, 0.29) is 31.0 Å². The van der Waals surface area contributed by atoms with Crippen LogP contribution in [0.2, 0.25) is 0 Å². The number of nitrogens with two attached hydrogens (primary N) is 1. The standard InChI is InChI=1S/C11H13F2NO2.ClH/c1-2-16-10(15)6-9(14)7-4-3-5-8(12)11(7)13;/h3-5,9H,2,6,14H2,1H3;1H/t9-;/m1./s1. The molecular weight excluding hydrogens is 252 g/mol. The zero-order chi connectivity index (χ0) is 12.1. The van der Waals surface area contributed by atoms with Gasteiger partial charge >= 0.3 is 5.97 Å². The van der Waals surface area contributed by atoms with Crippen LogP contribution in [0.4, 0.5) is 8.78 Å². The molecular formula is C11H14ClF2NO2. The lowest BCUT2D eigenvalue weighted by molar-refractivity contribution is -0.143. The maximum absolute atomic E-state index is 13.3. The van der Waals surface area contributed by atoms with E-state index in [1.54, 1.807) is 6.92 Å². The van der Waals surface area contributed by atoms with Gasteiger partial charge in [0.25, 0.3) is 0 Å². The topological polar surface area (TPSA) is 52.3 Å². The van der Waals surface area contributed by atoms with E-state index in [4.69, 9.17) is 5.73 Å². The second-order valence-electron chi connectivity index (χ2n) is 3.26. The number of carbonyl (C=O) groups excluding carboxylic acids is 1. The van der Waals surface area contributed by atoms with E-state index in [2.05, 4.69) is 4.74 Å². The average molecular weight is 266 g/mol. The van der Waals surface area contributed by atoms with Gasteiger partial charge in [0.1, 0.15) is 0 Å². The van der Waals surface area contributed by atoms with Crippen molar-refractivity contribution in [2.75, 3.05) is 6.61 Å². The Morgan fingerprint density at radius 2 is 2.12 bits per heavy atom. The van der Waals surface area contributed by atoms with Crippen molar-refractivity contribution < 1.29 is 18.3 Å². The molecule has 0 radical (unpaired) electrons. The molecule has 1 aromatic rings. The van der Waals surface area contributed by atoms with E-state index in [1.807, 2.05) is 0 Å². The molecule has 0 amide bonds. The third-order valence-electron chi connectivity index (χ3n) is 2.07. The van der Waals surface area contributed by atoms with Crippen LogP contribution in [0.3, 0.4) is 0 Å². The first-order valence-electron chi connectivity index (χ1n) is 4.91. The minimum atomic E-state index is -1.01. The summed E-state index contributed by atoms with van der Waals surface area (Å²) in [5, 5.41) is 0. The molecule has 3 nitrogen and oxygen atoms in total. The number of ether oxygens (including phenoxy) is 1. The van der Waals surface area contributed by atoms with Crippen LogP contribution < -0.4 is 5.73 Å². The molecule has 6 heteroatoms. The summed E-state index contributed by atoms with van der Waals surface area (Å²) in [6.45, 7) is 1.89. The first kappa shape index (κ1) is 15.8. The van der Waals surface area contributed by atoms with Gasteiger partial charge in [-0.15, -0.1) is 12.4 Å². The molecule has 17 heavy (non-hydrogen) atoms. The number of benzene rings is 1. The first-order valence-corrected chi connectivity index (χ1v) is 4.91. The monoisotopic (exact) mass is 265 g/mol. The Kier molecular flexibility index (Phi) is 6.68. The highest BCUT2D eigenvalue weighted by atomic mass is 35.5. The van der Waals surface area contributed by atoms with Gasteiger partial charge in [0.2, 0.25) is 0 Å². The Hall–Kier alpha value is -1.20. The van der Waals surface area contributed by atoms with E-state index in [1.165, 1.54) is 12.1 Å². The molecule has 0 spiro atoms. The average Bonchev–Trinajstić information content (AvgIpc) is 2.22. The van der Waals surface area contributed by atoms with Gasteiger partial charge in [0, 0.05) is 11.6 Å². The summed E-state index contributed by atoms with van der Waals surface area (Å²) >= 11 is 0. The van der Waals surface area contributed by atoms with E-state index < -0.39 is 23.6 Å². The SMILES string of the molecule is CCOC(=O)C[C@@H](N)c1cccc(F)c1F.Cl. The summed E-state index contributed by atoms with van der Waals surface area (Å²) in [5.41, 5.74) is 5.57. The van der Waals surface area contributed by atoms with Gasteiger partial charge in [-0.25, -0.2) is 8.78 Å².